The number of phenols is 2. The molecule has 26 heavy (non-hydrogen) atoms. The van der Waals surface area contributed by atoms with Crippen LogP contribution in [0.3, 0.4) is 0 Å². The van der Waals surface area contributed by atoms with Gasteiger partial charge in [0.25, 0.3) is 0 Å². The Morgan fingerprint density at radius 3 is 1.69 bits per heavy atom. The van der Waals surface area contributed by atoms with Crippen LogP contribution in [0.25, 0.3) is 0 Å². The fourth-order valence-corrected chi connectivity index (χ4v) is 1.73. The van der Waals surface area contributed by atoms with Crippen molar-refractivity contribution in [2.24, 2.45) is 0 Å². The maximum Gasteiger partial charge on any atom is 0.309 e. The lowest BCUT2D eigenvalue weighted by atomic mass is 10.1. The summed E-state index contributed by atoms with van der Waals surface area (Å²) >= 11 is 0. The second-order valence-corrected chi connectivity index (χ2v) is 4.89. The second kappa shape index (κ2) is 10.7. The number of carbonyl (C=O) groups excluding carboxylic acids is 1. The predicted molar refractivity (Wildman–Crippen MR) is 89.9 cm³/mol. The molecule has 0 atom stereocenters. The van der Waals surface area contributed by atoms with E-state index in [0.29, 0.717) is 11.1 Å². The van der Waals surface area contributed by atoms with Crippen LogP contribution >= 0.6 is 0 Å². The highest BCUT2D eigenvalue weighted by Gasteiger charge is 2.06. The summed E-state index contributed by atoms with van der Waals surface area (Å²) in [4.78, 5) is 21.0. The minimum atomic E-state index is -1.03. The van der Waals surface area contributed by atoms with E-state index in [1.165, 1.54) is 25.3 Å². The molecule has 0 amide bonds. The summed E-state index contributed by atoms with van der Waals surface area (Å²) in [5.74, 6) is -3.89. The first-order chi connectivity index (χ1) is 11.7. The molecule has 8 heteroatoms. The number of benzene rings is 2. The number of halogens is 2. The van der Waals surface area contributed by atoms with Gasteiger partial charge in [-0.25, -0.2) is 8.78 Å². The zero-order chi connectivity index (χ0) is 19.0. The molecule has 0 heterocycles. The van der Waals surface area contributed by atoms with E-state index in [2.05, 4.69) is 4.74 Å². The minimum absolute atomic E-state index is 0. The van der Waals surface area contributed by atoms with Crippen LogP contribution in [-0.2, 0) is 27.2 Å². The fraction of sp³-hybridized carbons (Fsp3) is 0.222. The van der Waals surface area contributed by atoms with Crippen molar-refractivity contribution in [2.75, 3.05) is 7.11 Å². The normalized spacial score (nSPS) is 9.35. The molecular formula is C18H20F2O6. The number of rotatable bonds is 4. The molecule has 0 radical (unpaired) electrons. The Balaban J connectivity index is 0.000000464. The van der Waals surface area contributed by atoms with Crippen LogP contribution in [0.15, 0.2) is 36.4 Å². The van der Waals surface area contributed by atoms with E-state index in [0.717, 1.165) is 18.2 Å². The second-order valence-electron chi connectivity index (χ2n) is 4.89. The van der Waals surface area contributed by atoms with Gasteiger partial charge in [-0.05, 0) is 35.4 Å². The number of hydrogen-bond acceptors (Lipinski definition) is 5. The predicted octanol–water partition coefficient (Wildman–Crippen LogP) is 3.04. The van der Waals surface area contributed by atoms with Gasteiger partial charge in [-0.3, -0.25) is 9.59 Å². The average molecular weight is 370 g/mol. The molecule has 0 spiro atoms. The molecule has 0 saturated heterocycles. The quantitative estimate of drug-likeness (QED) is 0.715. The molecule has 2 rings (SSSR count). The van der Waals surface area contributed by atoms with E-state index < -0.39 is 35.1 Å². The summed E-state index contributed by atoms with van der Waals surface area (Å²) in [6.07, 6.45) is -0.231. The number of aliphatic carboxylic acids is 1. The number of carbonyl (C=O) groups is 2. The Labute approximate surface area is 149 Å². The lowest BCUT2D eigenvalue weighted by molar-refractivity contribution is -0.140. The maximum atomic E-state index is 12.7. The number of methoxy groups -OCH3 is 1. The Hall–Kier alpha value is -3.16. The Kier molecular flexibility index (Phi) is 9.36. The summed E-state index contributed by atoms with van der Waals surface area (Å²) in [5.41, 5.74) is 0.806. The number of carboxylic acid groups (broad SMARTS) is 1. The topological polar surface area (TPSA) is 104 Å². The molecule has 142 valence electrons. The van der Waals surface area contributed by atoms with Gasteiger partial charge in [-0.2, -0.15) is 0 Å². The highest BCUT2D eigenvalue weighted by molar-refractivity contribution is 5.72. The van der Waals surface area contributed by atoms with E-state index in [9.17, 15) is 18.4 Å². The van der Waals surface area contributed by atoms with Gasteiger partial charge in [0.1, 0.15) is 0 Å². The Bertz CT molecular complexity index is 761. The fourth-order valence-electron chi connectivity index (χ4n) is 1.73. The number of esters is 1. The summed E-state index contributed by atoms with van der Waals surface area (Å²) in [6.45, 7) is 0. The van der Waals surface area contributed by atoms with Crippen LogP contribution < -0.4 is 0 Å². The first kappa shape index (κ1) is 22.8. The van der Waals surface area contributed by atoms with Gasteiger partial charge < -0.3 is 20.1 Å². The highest BCUT2D eigenvalue weighted by Crippen LogP contribution is 2.17. The van der Waals surface area contributed by atoms with E-state index in [4.69, 9.17) is 15.3 Å². The standard InChI is InChI=1S/C9H9FO3.C8H7FO3.CH4/c1-13-9(12)5-6-2-3-8(11)7(10)4-6;9-6-3-5(4-8(11)12)1-2-7(6)10;/h2-4,11H,5H2,1H3;1-3,10H,4H2,(H,11,12);1H4. The molecule has 6 nitrogen and oxygen atoms in total. The lowest BCUT2D eigenvalue weighted by Gasteiger charge is -2.00. The van der Waals surface area contributed by atoms with Crippen LogP contribution in [0, 0.1) is 11.6 Å². The van der Waals surface area contributed by atoms with Crippen molar-refractivity contribution in [2.45, 2.75) is 20.3 Å². The van der Waals surface area contributed by atoms with Crippen molar-refractivity contribution in [3.8, 4) is 11.5 Å². The Morgan fingerprint density at radius 2 is 1.35 bits per heavy atom. The van der Waals surface area contributed by atoms with E-state index in [1.54, 1.807) is 0 Å². The van der Waals surface area contributed by atoms with Crippen molar-refractivity contribution >= 4 is 11.9 Å². The first-order valence-corrected chi connectivity index (χ1v) is 6.96. The molecule has 0 saturated carbocycles. The van der Waals surface area contributed by atoms with E-state index in [1.807, 2.05) is 0 Å². The van der Waals surface area contributed by atoms with Crippen LogP contribution in [0.4, 0.5) is 8.78 Å². The van der Waals surface area contributed by atoms with Crippen molar-refractivity contribution in [3.05, 3.63) is 59.2 Å². The SMILES string of the molecule is C.COC(=O)Cc1ccc(O)c(F)c1.O=C(O)Cc1ccc(O)c(F)c1. The summed E-state index contributed by atoms with van der Waals surface area (Å²) in [6, 6.07) is 7.28. The number of carboxylic acids is 1. The molecule has 0 aromatic heterocycles. The molecule has 0 aliphatic rings. The summed E-state index contributed by atoms with van der Waals surface area (Å²) in [5, 5.41) is 25.9. The number of phenolic OH excluding ortho intramolecular Hbond substituents is 2. The monoisotopic (exact) mass is 370 g/mol. The summed E-state index contributed by atoms with van der Waals surface area (Å²) < 4.78 is 29.7. The molecule has 0 fully saturated rings. The molecule has 2 aromatic rings. The number of aromatic hydroxyl groups is 2. The van der Waals surface area contributed by atoms with Crippen LogP contribution in [0.5, 0.6) is 11.5 Å². The third-order valence-electron chi connectivity index (χ3n) is 2.96. The molecule has 0 aliphatic heterocycles. The summed E-state index contributed by atoms with van der Waals surface area (Å²) in [7, 11) is 1.26. The lowest BCUT2D eigenvalue weighted by Crippen LogP contribution is -2.04. The number of hydrogen-bond donors (Lipinski definition) is 3. The van der Waals surface area contributed by atoms with Gasteiger partial charge in [0.05, 0.1) is 20.0 Å². The third-order valence-corrected chi connectivity index (χ3v) is 2.96. The molecule has 0 unspecified atom stereocenters. The van der Waals surface area contributed by atoms with Gasteiger partial charge >= 0.3 is 11.9 Å². The molecule has 3 N–H and O–H groups in total. The van der Waals surface area contributed by atoms with Gasteiger partial charge in [0, 0.05) is 0 Å². The molecule has 0 aliphatic carbocycles. The van der Waals surface area contributed by atoms with Crippen LogP contribution in [0.2, 0.25) is 0 Å². The smallest absolute Gasteiger partial charge is 0.309 e. The largest absolute Gasteiger partial charge is 0.505 e. The van der Waals surface area contributed by atoms with Gasteiger partial charge in [-0.15, -0.1) is 0 Å². The Morgan fingerprint density at radius 1 is 0.923 bits per heavy atom. The minimum Gasteiger partial charge on any atom is -0.505 e. The molecule has 0 bridgehead atoms. The van der Waals surface area contributed by atoms with Crippen molar-refractivity contribution in [1.82, 2.24) is 0 Å². The maximum absolute atomic E-state index is 12.7. The molecular weight excluding hydrogens is 350 g/mol. The highest BCUT2D eigenvalue weighted by atomic mass is 19.1. The number of ether oxygens (including phenoxy) is 1. The van der Waals surface area contributed by atoms with Gasteiger partial charge in [-0.1, -0.05) is 19.6 Å². The van der Waals surface area contributed by atoms with Crippen molar-refractivity contribution < 1.29 is 38.4 Å². The van der Waals surface area contributed by atoms with Crippen molar-refractivity contribution in [1.29, 1.82) is 0 Å². The van der Waals surface area contributed by atoms with Crippen LogP contribution in [0.1, 0.15) is 18.6 Å². The van der Waals surface area contributed by atoms with E-state index in [-0.39, 0.29) is 20.3 Å². The third kappa shape index (κ3) is 7.61. The zero-order valence-corrected chi connectivity index (χ0v) is 13.2. The molecule has 2 aromatic carbocycles. The van der Waals surface area contributed by atoms with E-state index >= 15 is 0 Å². The average Bonchev–Trinajstić information content (AvgIpc) is 2.54. The van der Waals surface area contributed by atoms with Gasteiger partial charge in [0.15, 0.2) is 23.1 Å². The first-order valence-electron chi connectivity index (χ1n) is 6.96. The van der Waals surface area contributed by atoms with Crippen LogP contribution in [-0.4, -0.2) is 34.4 Å². The zero-order valence-electron chi connectivity index (χ0n) is 13.2. The van der Waals surface area contributed by atoms with Gasteiger partial charge in [0.2, 0.25) is 0 Å². The van der Waals surface area contributed by atoms with Crippen molar-refractivity contribution in [3.63, 3.8) is 0 Å².